The number of urea groups is 1. The topological polar surface area (TPSA) is 69.7 Å². The van der Waals surface area contributed by atoms with Crippen molar-refractivity contribution in [3.8, 4) is 0 Å². The van der Waals surface area contributed by atoms with Gasteiger partial charge in [0.2, 0.25) is 11.8 Å². The molecule has 1 atom stereocenters. The van der Waals surface area contributed by atoms with Gasteiger partial charge in [-0.1, -0.05) is 0 Å². The van der Waals surface area contributed by atoms with Crippen LogP contribution in [0.3, 0.4) is 0 Å². The molecule has 84 valence electrons. The van der Waals surface area contributed by atoms with E-state index in [0.29, 0.717) is 6.54 Å². The number of carbonyl (C=O) groups excluding carboxylic acids is 3. The van der Waals surface area contributed by atoms with Crippen LogP contribution in [0.2, 0.25) is 0 Å². The van der Waals surface area contributed by atoms with Gasteiger partial charge in [-0.05, 0) is 21.0 Å². The standard InChI is InChI=1S/C9H15N3O3/c1-6(11(2)3)5-12-8(14)4-7(13)10-9(12)15/h6H,4-5H2,1-3H3,(H,10,13,15). The van der Waals surface area contributed by atoms with E-state index in [1.807, 2.05) is 25.9 Å². The van der Waals surface area contributed by atoms with Gasteiger partial charge in [-0.3, -0.25) is 19.8 Å². The summed E-state index contributed by atoms with van der Waals surface area (Å²) in [7, 11) is 3.73. The van der Waals surface area contributed by atoms with Crippen LogP contribution in [0.25, 0.3) is 0 Å². The molecule has 1 heterocycles. The molecule has 0 aromatic rings. The Labute approximate surface area is 88.2 Å². The molecule has 1 fully saturated rings. The van der Waals surface area contributed by atoms with Crippen molar-refractivity contribution in [2.24, 2.45) is 0 Å². The third-order valence-corrected chi connectivity index (χ3v) is 2.43. The van der Waals surface area contributed by atoms with Crippen molar-refractivity contribution in [1.82, 2.24) is 15.1 Å². The highest BCUT2D eigenvalue weighted by atomic mass is 16.2. The third-order valence-electron chi connectivity index (χ3n) is 2.43. The fourth-order valence-corrected chi connectivity index (χ4v) is 1.19. The summed E-state index contributed by atoms with van der Waals surface area (Å²) in [4.78, 5) is 36.6. The fraction of sp³-hybridized carbons (Fsp3) is 0.667. The van der Waals surface area contributed by atoms with Crippen molar-refractivity contribution in [1.29, 1.82) is 0 Å². The van der Waals surface area contributed by atoms with Crippen LogP contribution in [-0.4, -0.2) is 54.3 Å². The highest BCUT2D eigenvalue weighted by Gasteiger charge is 2.31. The smallest absolute Gasteiger partial charge is 0.305 e. The van der Waals surface area contributed by atoms with Crippen LogP contribution < -0.4 is 5.32 Å². The van der Waals surface area contributed by atoms with Crippen molar-refractivity contribution >= 4 is 17.8 Å². The van der Waals surface area contributed by atoms with Gasteiger partial charge in [-0.2, -0.15) is 0 Å². The molecule has 1 aliphatic rings. The van der Waals surface area contributed by atoms with E-state index in [1.165, 1.54) is 0 Å². The molecule has 6 nitrogen and oxygen atoms in total. The molecule has 1 aliphatic heterocycles. The third kappa shape index (κ3) is 2.76. The first kappa shape index (κ1) is 11.6. The Morgan fingerprint density at radius 3 is 2.47 bits per heavy atom. The van der Waals surface area contributed by atoms with Crippen molar-refractivity contribution < 1.29 is 14.4 Å². The quantitative estimate of drug-likeness (QED) is 0.636. The van der Waals surface area contributed by atoms with Crippen molar-refractivity contribution in [2.75, 3.05) is 20.6 Å². The molecular formula is C9H15N3O3. The predicted molar refractivity (Wildman–Crippen MR) is 53.0 cm³/mol. The molecule has 0 aromatic heterocycles. The molecule has 15 heavy (non-hydrogen) atoms. The van der Waals surface area contributed by atoms with Crippen molar-refractivity contribution in [2.45, 2.75) is 19.4 Å². The second-order valence-electron chi connectivity index (χ2n) is 3.85. The molecule has 0 aromatic carbocycles. The molecule has 6 heteroatoms. The summed E-state index contributed by atoms with van der Waals surface area (Å²) in [6, 6.07) is -0.558. The van der Waals surface area contributed by atoms with Crippen LogP contribution in [0, 0.1) is 0 Å². The first-order chi connectivity index (χ1) is 6.91. The molecule has 1 saturated heterocycles. The lowest BCUT2D eigenvalue weighted by atomic mass is 10.2. The van der Waals surface area contributed by atoms with Gasteiger partial charge in [0, 0.05) is 12.6 Å². The number of likely N-dealkylation sites (N-methyl/N-ethyl adjacent to an activating group) is 1. The molecule has 0 radical (unpaired) electrons. The maximum Gasteiger partial charge on any atom is 0.330 e. The summed E-state index contributed by atoms with van der Waals surface area (Å²) < 4.78 is 0. The van der Waals surface area contributed by atoms with E-state index < -0.39 is 17.8 Å². The Bertz CT molecular complexity index is 281. The minimum atomic E-state index is -0.620. The number of amides is 4. The lowest BCUT2D eigenvalue weighted by Gasteiger charge is -2.29. The van der Waals surface area contributed by atoms with Crippen LogP contribution in [0.4, 0.5) is 4.79 Å². The van der Waals surface area contributed by atoms with E-state index in [2.05, 4.69) is 5.32 Å². The molecule has 1 unspecified atom stereocenters. The van der Waals surface area contributed by atoms with Crippen molar-refractivity contribution in [3.63, 3.8) is 0 Å². The number of nitrogens with zero attached hydrogens (tertiary/aromatic N) is 2. The molecule has 0 saturated carbocycles. The zero-order valence-corrected chi connectivity index (χ0v) is 9.11. The Kier molecular flexibility index (Phi) is 3.41. The number of barbiturate groups is 1. The SMILES string of the molecule is CC(CN1C(=O)CC(=O)NC1=O)N(C)C. The van der Waals surface area contributed by atoms with E-state index in [1.54, 1.807) is 0 Å². The van der Waals surface area contributed by atoms with Gasteiger partial charge in [0.1, 0.15) is 6.42 Å². The second-order valence-corrected chi connectivity index (χ2v) is 3.85. The summed E-state index contributed by atoms with van der Waals surface area (Å²) in [6.07, 6.45) is -0.244. The average Bonchev–Trinajstić information content (AvgIpc) is 2.10. The van der Waals surface area contributed by atoms with Gasteiger partial charge in [0.05, 0.1) is 0 Å². The Hall–Kier alpha value is -1.43. The van der Waals surface area contributed by atoms with Gasteiger partial charge in [-0.25, -0.2) is 4.79 Å². The number of imide groups is 2. The molecule has 0 aliphatic carbocycles. The van der Waals surface area contributed by atoms with E-state index in [9.17, 15) is 14.4 Å². The second kappa shape index (κ2) is 4.39. The van der Waals surface area contributed by atoms with E-state index >= 15 is 0 Å². The minimum absolute atomic E-state index is 0.0629. The van der Waals surface area contributed by atoms with E-state index in [0.717, 1.165) is 4.90 Å². The zero-order valence-electron chi connectivity index (χ0n) is 9.11. The largest absolute Gasteiger partial charge is 0.330 e. The molecule has 0 spiro atoms. The number of hydrogen-bond donors (Lipinski definition) is 1. The fourth-order valence-electron chi connectivity index (χ4n) is 1.19. The van der Waals surface area contributed by atoms with Crippen LogP contribution in [0.5, 0.6) is 0 Å². The summed E-state index contributed by atoms with van der Waals surface area (Å²) in [6.45, 7) is 2.20. The number of hydrogen-bond acceptors (Lipinski definition) is 4. The molecule has 1 rings (SSSR count). The lowest BCUT2D eigenvalue weighted by Crippen LogP contribution is -2.55. The molecule has 0 bridgehead atoms. The van der Waals surface area contributed by atoms with Gasteiger partial charge < -0.3 is 4.90 Å². The van der Waals surface area contributed by atoms with Gasteiger partial charge in [0.15, 0.2) is 0 Å². The van der Waals surface area contributed by atoms with Gasteiger partial charge >= 0.3 is 6.03 Å². The highest BCUT2D eigenvalue weighted by Crippen LogP contribution is 2.05. The van der Waals surface area contributed by atoms with Crippen molar-refractivity contribution in [3.05, 3.63) is 0 Å². The Morgan fingerprint density at radius 2 is 2.00 bits per heavy atom. The highest BCUT2D eigenvalue weighted by molar-refractivity contribution is 6.14. The molecule has 1 N–H and O–H groups in total. The predicted octanol–water partition coefficient (Wildman–Crippen LogP) is -0.595. The van der Waals surface area contributed by atoms with Gasteiger partial charge in [-0.15, -0.1) is 0 Å². The average molecular weight is 213 g/mol. The van der Waals surface area contributed by atoms with E-state index in [-0.39, 0.29) is 12.5 Å². The summed E-state index contributed by atoms with van der Waals surface area (Å²) >= 11 is 0. The normalized spacial score (nSPS) is 19.5. The van der Waals surface area contributed by atoms with Crippen LogP contribution in [-0.2, 0) is 9.59 Å². The number of rotatable bonds is 3. The molecular weight excluding hydrogens is 198 g/mol. The zero-order chi connectivity index (χ0) is 11.6. The monoisotopic (exact) mass is 213 g/mol. The summed E-state index contributed by atoms with van der Waals surface area (Å²) in [5.41, 5.74) is 0. The number of carbonyl (C=O) groups is 3. The molecule has 4 amide bonds. The summed E-state index contributed by atoms with van der Waals surface area (Å²) in [5, 5.41) is 2.11. The summed E-state index contributed by atoms with van der Waals surface area (Å²) in [5.74, 6) is -0.962. The maximum absolute atomic E-state index is 11.4. The first-order valence-corrected chi connectivity index (χ1v) is 4.72. The Balaban J connectivity index is 2.65. The first-order valence-electron chi connectivity index (χ1n) is 4.72. The van der Waals surface area contributed by atoms with Gasteiger partial charge in [0.25, 0.3) is 0 Å². The van der Waals surface area contributed by atoms with E-state index in [4.69, 9.17) is 0 Å². The minimum Gasteiger partial charge on any atom is -0.305 e. The van der Waals surface area contributed by atoms with Crippen LogP contribution in [0.15, 0.2) is 0 Å². The lowest BCUT2D eigenvalue weighted by molar-refractivity contribution is -0.136. The number of nitrogens with one attached hydrogen (secondary N) is 1. The maximum atomic E-state index is 11.4. The Morgan fingerprint density at radius 1 is 1.40 bits per heavy atom. The van der Waals surface area contributed by atoms with Crippen LogP contribution in [0.1, 0.15) is 13.3 Å². The van der Waals surface area contributed by atoms with Crippen LogP contribution >= 0.6 is 0 Å².